The average Bonchev–Trinajstić information content (AvgIpc) is 3.24. The Labute approximate surface area is 223 Å². The van der Waals surface area contributed by atoms with Crippen molar-refractivity contribution >= 4 is 40.6 Å². The molecule has 0 radical (unpaired) electrons. The van der Waals surface area contributed by atoms with Crippen LogP contribution in [0.2, 0.25) is 0 Å². The molecule has 6 rings (SSSR count). The average molecular weight is 515 g/mol. The van der Waals surface area contributed by atoms with Crippen LogP contribution >= 0.6 is 7.37 Å². The minimum Gasteiger partial charge on any atom is -0.322 e. The first-order valence-corrected chi connectivity index (χ1v) is 14.3. The van der Waals surface area contributed by atoms with Gasteiger partial charge in [0.05, 0.1) is 11.9 Å². The molecule has 0 fully saturated rings. The normalized spacial score (nSPS) is 16.3. The third-order valence-electron chi connectivity index (χ3n) is 6.73. The first kappa shape index (κ1) is 24.1. The van der Waals surface area contributed by atoms with Crippen molar-refractivity contribution in [3.8, 4) is 0 Å². The minimum atomic E-state index is -3.30. The van der Waals surface area contributed by atoms with Gasteiger partial charge in [0.2, 0.25) is 0 Å². The molecule has 38 heavy (non-hydrogen) atoms. The SMILES string of the molecule is CCO[P@]1(=O)C(c2ccncc2)=C(c2ccc(N(c3ccccc3)c3ccccc3)cc2)c2ccccc21. The summed E-state index contributed by atoms with van der Waals surface area (Å²) in [6, 6.07) is 40.9. The Bertz CT molecular complexity index is 1590. The molecular weight excluding hydrogens is 487 g/mol. The Morgan fingerprint density at radius 2 is 1.21 bits per heavy atom. The predicted octanol–water partition coefficient (Wildman–Crippen LogP) is 8.42. The van der Waals surface area contributed by atoms with Crippen molar-refractivity contribution < 1.29 is 9.09 Å². The summed E-state index contributed by atoms with van der Waals surface area (Å²) < 4.78 is 20.7. The van der Waals surface area contributed by atoms with Crippen LogP contribution in [-0.2, 0) is 9.09 Å². The van der Waals surface area contributed by atoms with Crippen molar-refractivity contribution in [3.05, 3.63) is 150 Å². The quantitative estimate of drug-likeness (QED) is 0.205. The molecule has 5 heteroatoms. The van der Waals surface area contributed by atoms with E-state index in [2.05, 4.69) is 58.4 Å². The number of hydrogen-bond donors (Lipinski definition) is 0. The zero-order chi connectivity index (χ0) is 26.0. The van der Waals surface area contributed by atoms with Gasteiger partial charge < -0.3 is 9.42 Å². The molecule has 4 aromatic carbocycles. The van der Waals surface area contributed by atoms with E-state index in [-0.39, 0.29) is 0 Å². The van der Waals surface area contributed by atoms with Crippen LogP contribution in [-0.4, -0.2) is 11.6 Å². The van der Waals surface area contributed by atoms with Crippen molar-refractivity contribution in [2.24, 2.45) is 0 Å². The van der Waals surface area contributed by atoms with E-state index < -0.39 is 7.37 Å². The fourth-order valence-electron chi connectivity index (χ4n) is 5.15. The molecule has 5 aromatic rings. The van der Waals surface area contributed by atoms with Crippen molar-refractivity contribution in [2.45, 2.75) is 6.92 Å². The van der Waals surface area contributed by atoms with Gasteiger partial charge >= 0.3 is 0 Å². The Balaban J connectivity index is 1.53. The maximum Gasteiger partial charge on any atom is 0.263 e. The number of benzene rings is 4. The monoisotopic (exact) mass is 514 g/mol. The van der Waals surface area contributed by atoms with E-state index in [1.807, 2.05) is 79.7 Å². The van der Waals surface area contributed by atoms with Crippen molar-refractivity contribution in [1.82, 2.24) is 4.98 Å². The van der Waals surface area contributed by atoms with Crippen LogP contribution in [0.3, 0.4) is 0 Å². The Morgan fingerprint density at radius 1 is 0.658 bits per heavy atom. The fraction of sp³-hybridized carbons (Fsp3) is 0.0606. The molecule has 0 spiro atoms. The summed E-state index contributed by atoms with van der Waals surface area (Å²) >= 11 is 0. The second-order valence-electron chi connectivity index (χ2n) is 9.00. The second kappa shape index (κ2) is 10.3. The largest absolute Gasteiger partial charge is 0.322 e. The van der Waals surface area contributed by atoms with Crippen molar-refractivity contribution in [1.29, 1.82) is 0 Å². The van der Waals surface area contributed by atoms with Crippen LogP contribution in [0.4, 0.5) is 17.1 Å². The molecule has 0 saturated heterocycles. The third kappa shape index (κ3) is 4.18. The molecule has 0 N–H and O–H groups in total. The van der Waals surface area contributed by atoms with Gasteiger partial charge in [0.25, 0.3) is 7.37 Å². The van der Waals surface area contributed by atoms with Gasteiger partial charge in [0, 0.05) is 40.3 Å². The first-order valence-electron chi connectivity index (χ1n) is 12.7. The number of pyridine rings is 1. The van der Waals surface area contributed by atoms with Gasteiger partial charge in [-0.2, -0.15) is 0 Å². The molecule has 186 valence electrons. The maximum absolute atomic E-state index is 14.6. The summed E-state index contributed by atoms with van der Waals surface area (Å²) in [5.74, 6) is 0. The first-order chi connectivity index (χ1) is 18.7. The van der Waals surface area contributed by atoms with E-state index in [0.717, 1.165) is 49.9 Å². The number of anilines is 3. The molecule has 1 aliphatic rings. The van der Waals surface area contributed by atoms with Crippen LogP contribution in [0.15, 0.2) is 134 Å². The van der Waals surface area contributed by atoms with Gasteiger partial charge in [0.1, 0.15) is 0 Å². The van der Waals surface area contributed by atoms with Gasteiger partial charge in [-0.1, -0.05) is 66.7 Å². The lowest BCUT2D eigenvalue weighted by molar-refractivity contribution is 0.349. The Hall–Kier alpha value is -4.24. The molecule has 4 nitrogen and oxygen atoms in total. The highest BCUT2D eigenvalue weighted by Gasteiger charge is 2.43. The summed E-state index contributed by atoms with van der Waals surface area (Å²) in [5, 5.41) is 1.49. The number of rotatable bonds is 7. The highest BCUT2D eigenvalue weighted by atomic mass is 31.2. The lowest BCUT2D eigenvalue weighted by atomic mass is 9.95. The van der Waals surface area contributed by atoms with E-state index in [1.165, 1.54) is 0 Å². The molecule has 1 aromatic heterocycles. The summed E-state index contributed by atoms with van der Waals surface area (Å²) in [4.78, 5) is 6.42. The predicted molar refractivity (Wildman–Crippen MR) is 157 cm³/mol. The summed E-state index contributed by atoms with van der Waals surface area (Å²) in [7, 11) is -3.30. The van der Waals surface area contributed by atoms with Crippen LogP contribution in [0.5, 0.6) is 0 Å². The third-order valence-corrected chi connectivity index (χ3v) is 9.45. The fourth-order valence-corrected chi connectivity index (χ4v) is 7.84. The Kier molecular flexibility index (Phi) is 6.51. The van der Waals surface area contributed by atoms with Crippen LogP contribution in [0.25, 0.3) is 10.9 Å². The molecule has 0 unspecified atom stereocenters. The zero-order valence-corrected chi connectivity index (χ0v) is 22.0. The molecule has 0 saturated carbocycles. The zero-order valence-electron chi connectivity index (χ0n) is 21.1. The van der Waals surface area contributed by atoms with Crippen molar-refractivity contribution in [2.75, 3.05) is 11.5 Å². The lowest BCUT2D eigenvalue weighted by Gasteiger charge is -2.25. The highest BCUT2D eigenvalue weighted by Crippen LogP contribution is 2.66. The smallest absolute Gasteiger partial charge is 0.263 e. The maximum atomic E-state index is 14.6. The van der Waals surface area contributed by atoms with E-state index in [4.69, 9.17) is 4.52 Å². The molecule has 0 bridgehead atoms. The summed E-state index contributed by atoms with van der Waals surface area (Å²) in [6.07, 6.45) is 3.47. The number of fused-ring (bicyclic) bond motifs is 1. The lowest BCUT2D eigenvalue weighted by Crippen LogP contribution is -2.09. The van der Waals surface area contributed by atoms with Gasteiger partial charge in [-0.25, -0.2) is 0 Å². The molecular formula is C33H27N2O2P. The van der Waals surface area contributed by atoms with E-state index in [0.29, 0.717) is 6.61 Å². The summed E-state index contributed by atoms with van der Waals surface area (Å²) in [5.41, 5.74) is 6.95. The van der Waals surface area contributed by atoms with Gasteiger partial charge in [-0.05, 0) is 78.2 Å². The van der Waals surface area contributed by atoms with Crippen LogP contribution in [0.1, 0.15) is 23.6 Å². The highest BCUT2D eigenvalue weighted by molar-refractivity contribution is 7.78. The number of para-hydroxylation sites is 2. The topological polar surface area (TPSA) is 42.4 Å². The molecule has 1 aliphatic heterocycles. The minimum absolute atomic E-state index is 0.357. The second-order valence-corrected chi connectivity index (χ2v) is 11.3. The molecule has 0 aliphatic carbocycles. The van der Waals surface area contributed by atoms with Gasteiger partial charge in [-0.3, -0.25) is 9.55 Å². The van der Waals surface area contributed by atoms with Crippen LogP contribution in [0, 0.1) is 0 Å². The number of hydrogen-bond acceptors (Lipinski definition) is 4. The van der Waals surface area contributed by atoms with E-state index in [1.54, 1.807) is 12.4 Å². The summed E-state index contributed by atoms with van der Waals surface area (Å²) in [6.45, 7) is 2.25. The number of aromatic nitrogens is 1. The van der Waals surface area contributed by atoms with Gasteiger partial charge in [0.15, 0.2) is 0 Å². The standard InChI is InChI=1S/C33H27N2O2P/c1-2-37-38(36)31-16-10-9-15-30(31)32(33(38)26-21-23-34-24-22-26)25-17-19-29(20-18-25)35(27-11-5-3-6-12-27)28-13-7-4-8-14-28/h3-24H,2H2,1H3/t38-/m0/s1. The van der Waals surface area contributed by atoms with Crippen LogP contribution < -0.4 is 10.2 Å². The van der Waals surface area contributed by atoms with E-state index in [9.17, 15) is 4.57 Å². The van der Waals surface area contributed by atoms with E-state index >= 15 is 0 Å². The van der Waals surface area contributed by atoms with Gasteiger partial charge in [-0.15, -0.1) is 0 Å². The van der Waals surface area contributed by atoms with Crippen molar-refractivity contribution in [3.63, 3.8) is 0 Å². The molecule has 0 amide bonds. The molecule has 1 atom stereocenters. The number of nitrogens with zero attached hydrogens (tertiary/aromatic N) is 2. The molecule has 2 heterocycles. The Morgan fingerprint density at radius 3 is 1.82 bits per heavy atom.